The molecule has 0 aliphatic heterocycles. The lowest BCUT2D eigenvalue weighted by Crippen LogP contribution is -2.24. The molecule has 9 rings (SSSR count). The standard InChI is InChI=1S/C45H30N3OP/c49-50(35-16-6-2-7-17-35,36-18-8-3-9-19-36)37-26-23-32(24-27-37)44-40-20-10-11-22-41(40)47-45(48-44)33-25-28-39-42(29-33)46-30-34-15-12-21-38(43(34)39)31-13-4-1-5-14-31/h1-30H. The number of nitrogens with zero attached hydrogens (tertiary/aromatic N) is 3. The van der Waals surface area contributed by atoms with Gasteiger partial charge in [-0.3, -0.25) is 4.98 Å². The Hall–Kier alpha value is -6.22. The Morgan fingerprint density at radius 2 is 1.06 bits per heavy atom. The van der Waals surface area contributed by atoms with Gasteiger partial charge in [0.15, 0.2) is 13.0 Å². The third kappa shape index (κ3) is 5.09. The van der Waals surface area contributed by atoms with Crippen molar-refractivity contribution in [3.05, 3.63) is 182 Å². The van der Waals surface area contributed by atoms with Crippen molar-refractivity contribution in [1.29, 1.82) is 0 Å². The largest absolute Gasteiger partial charge is 0.309 e. The van der Waals surface area contributed by atoms with Crippen molar-refractivity contribution in [2.75, 3.05) is 0 Å². The molecule has 7 aromatic carbocycles. The average molecular weight is 660 g/mol. The van der Waals surface area contributed by atoms with Gasteiger partial charge < -0.3 is 4.57 Å². The highest BCUT2D eigenvalue weighted by molar-refractivity contribution is 7.85. The normalized spacial score (nSPS) is 11.7. The molecule has 0 amide bonds. The number of pyridine rings is 1. The third-order valence-corrected chi connectivity index (χ3v) is 12.5. The van der Waals surface area contributed by atoms with Crippen molar-refractivity contribution in [3.8, 4) is 33.8 Å². The Morgan fingerprint density at radius 1 is 0.440 bits per heavy atom. The lowest BCUT2D eigenvalue weighted by atomic mass is 9.95. The van der Waals surface area contributed by atoms with Crippen molar-refractivity contribution in [2.24, 2.45) is 0 Å². The fraction of sp³-hybridized carbons (Fsp3) is 0. The maximum atomic E-state index is 15.0. The summed E-state index contributed by atoms with van der Waals surface area (Å²) in [7, 11) is -3.10. The van der Waals surface area contributed by atoms with Crippen LogP contribution in [-0.2, 0) is 4.57 Å². The zero-order valence-corrected chi connectivity index (χ0v) is 27.9. The second kappa shape index (κ2) is 12.3. The molecule has 0 unspecified atom stereocenters. The second-order valence-corrected chi connectivity index (χ2v) is 15.1. The number of hydrogen-bond donors (Lipinski definition) is 0. The van der Waals surface area contributed by atoms with Crippen LogP contribution in [0, 0.1) is 0 Å². The van der Waals surface area contributed by atoms with Crippen LogP contribution in [0.5, 0.6) is 0 Å². The van der Waals surface area contributed by atoms with E-state index >= 15 is 0 Å². The summed E-state index contributed by atoms with van der Waals surface area (Å²) in [5.74, 6) is 0.627. The minimum Gasteiger partial charge on any atom is -0.309 e. The van der Waals surface area contributed by atoms with Crippen LogP contribution in [0.15, 0.2) is 182 Å². The summed E-state index contributed by atoms with van der Waals surface area (Å²) in [4.78, 5) is 15.1. The van der Waals surface area contributed by atoms with Gasteiger partial charge in [0.1, 0.15) is 0 Å². The van der Waals surface area contributed by atoms with Gasteiger partial charge in [0, 0.05) is 54.8 Å². The van der Waals surface area contributed by atoms with E-state index in [-0.39, 0.29) is 0 Å². The molecule has 0 bridgehead atoms. The summed E-state index contributed by atoms with van der Waals surface area (Å²) >= 11 is 0. The van der Waals surface area contributed by atoms with Gasteiger partial charge >= 0.3 is 0 Å². The summed E-state index contributed by atoms with van der Waals surface area (Å²) in [5.41, 5.74) is 6.74. The molecule has 0 fully saturated rings. The molecule has 0 spiro atoms. The number of benzene rings is 7. The van der Waals surface area contributed by atoms with Crippen LogP contribution in [0.4, 0.5) is 0 Å². The lowest BCUT2D eigenvalue weighted by molar-refractivity contribution is 0.592. The van der Waals surface area contributed by atoms with Gasteiger partial charge in [0.05, 0.1) is 16.7 Å². The molecule has 0 aliphatic carbocycles. The Labute approximate surface area is 290 Å². The highest BCUT2D eigenvalue weighted by atomic mass is 31.2. The minimum atomic E-state index is -3.10. The first-order chi connectivity index (χ1) is 24.7. The van der Waals surface area contributed by atoms with E-state index in [0.29, 0.717) is 5.82 Å². The van der Waals surface area contributed by atoms with Gasteiger partial charge in [-0.1, -0.05) is 164 Å². The van der Waals surface area contributed by atoms with E-state index in [9.17, 15) is 4.57 Å². The van der Waals surface area contributed by atoms with Crippen LogP contribution >= 0.6 is 7.14 Å². The monoisotopic (exact) mass is 659 g/mol. The van der Waals surface area contributed by atoms with Gasteiger partial charge in [0.25, 0.3) is 0 Å². The van der Waals surface area contributed by atoms with E-state index in [4.69, 9.17) is 15.0 Å². The van der Waals surface area contributed by atoms with E-state index in [2.05, 4.69) is 66.7 Å². The molecule has 0 saturated heterocycles. The smallest absolute Gasteiger partial charge is 0.171 e. The summed E-state index contributed by atoms with van der Waals surface area (Å²) in [6.07, 6.45) is 1.95. The number of aromatic nitrogens is 3. The van der Waals surface area contributed by atoms with Crippen molar-refractivity contribution < 1.29 is 4.57 Å². The summed E-state index contributed by atoms with van der Waals surface area (Å²) in [6, 6.07) is 58.8. The first-order valence-electron chi connectivity index (χ1n) is 16.6. The summed E-state index contributed by atoms with van der Waals surface area (Å²) in [5, 5.41) is 6.71. The van der Waals surface area contributed by atoms with E-state index < -0.39 is 7.14 Å². The second-order valence-electron chi connectivity index (χ2n) is 12.4. The van der Waals surface area contributed by atoms with Gasteiger partial charge in [-0.15, -0.1) is 0 Å². The molecule has 2 heterocycles. The molecule has 4 nitrogen and oxygen atoms in total. The molecular weight excluding hydrogens is 629 g/mol. The quantitative estimate of drug-likeness (QED) is 0.132. The van der Waals surface area contributed by atoms with Gasteiger partial charge in [-0.2, -0.15) is 0 Å². The molecule has 0 atom stereocenters. The number of fused-ring (bicyclic) bond motifs is 4. The minimum absolute atomic E-state index is 0.627. The van der Waals surface area contributed by atoms with Gasteiger partial charge in [0.2, 0.25) is 0 Å². The molecule has 236 valence electrons. The first kappa shape index (κ1) is 29.9. The zero-order chi connectivity index (χ0) is 33.5. The highest BCUT2D eigenvalue weighted by Crippen LogP contribution is 2.43. The SMILES string of the molecule is O=P(c1ccccc1)(c1ccccc1)c1ccc(-c2nc(-c3ccc4c(c3)ncc3cccc(-c5ccccc5)c34)nc3ccccc23)cc1. The van der Waals surface area contributed by atoms with Crippen LogP contribution in [0.25, 0.3) is 66.4 Å². The summed E-state index contributed by atoms with van der Waals surface area (Å²) < 4.78 is 15.0. The Bertz CT molecular complexity index is 2670. The van der Waals surface area contributed by atoms with Crippen molar-refractivity contribution in [3.63, 3.8) is 0 Å². The summed E-state index contributed by atoms with van der Waals surface area (Å²) in [6.45, 7) is 0. The zero-order valence-electron chi connectivity index (χ0n) is 27.0. The van der Waals surface area contributed by atoms with Crippen LogP contribution in [-0.4, -0.2) is 15.0 Å². The molecule has 0 saturated carbocycles. The van der Waals surface area contributed by atoms with E-state index in [1.165, 1.54) is 16.5 Å². The maximum Gasteiger partial charge on any atom is 0.171 e. The van der Waals surface area contributed by atoms with E-state index in [1.54, 1.807) is 0 Å². The molecule has 0 aliphatic rings. The topological polar surface area (TPSA) is 55.7 Å². The lowest BCUT2D eigenvalue weighted by Gasteiger charge is -2.20. The van der Waals surface area contributed by atoms with Crippen molar-refractivity contribution >= 4 is 55.6 Å². The molecule has 0 N–H and O–H groups in total. The van der Waals surface area contributed by atoms with Crippen LogP contribution in [0.2, 0.25) is 0 Å². The molecule has 5 heteroatoms. The molecule has 50 heavy (non-hydrogen) atoms. The van der Waals surface area contributed by atoms with E-state index in [0.717, 1.165) is 59.9 Å². The Balaban J connectivity index is 1.16. The number of para-hydroxylation sites is 1. The molecular formula is C45H30N3OP. The fourth-order valence-corrected chi connectivity index (χ4v) is 9.59. The van der Waals surface area contributed by atoms with E-state index in [1.807, 2.05) is 115 Å². The van der Waals surface area contributed by atoms with Crippen LogP contribution in [0.1, 0.15) is 0 Å². The fourth-order valence-electron chi connectivity index (χ4n) is 6.94. The predicted molar refractivity (Wildman–Crippen MR) is 208 cm³/mol. The number of rotatable bonds is 6. The first-order valence-corrected chi connectivity index (χ1v) is 18.3. The van der Waals surface area contributed by atoms with Crippen LogP contribution < -0.4 is 15.9 Å². The predicted octanol–water partition coefficient (Wildman–Crippen LogP) is 9.97. The maximum absolute atomic E-state index is 15.0. The average Bonchev–Trinajstić information content (AvgIpc) is 3.20. The highest BCUT2D eigenvalue weighted by Gasteiger charge is 2.29. The molecule has 9 aromatic rings. The molecule has 0 radical (unpaired) electrons. The van der Waals surface area contributed by atoms with Gasteiger partial charge in [-0.25, -0.2) is 9.97 Å². The number of hydrogen-bond acceptors (Lipinski definition) is 4. The molecule has 2 aromatic heterocycles. The van der Waals surface area contributed by atoms with Gasteiger partial charge in [-0.05, 0) is 23.3 Å². The van der Waals surface area contributed by atoms with Crippen molar-refractivity contribution in [1.82, 2.24) is 15.0 Å². The third-order valence-electron chi connectivity index (χ3n) is 9.40. The van der Waals surface area contributed by atoms with Crippen LogP contribution in [0.3, 0.4) is 0 Å². The Morgan fingerprint density at radius 3 is 1.78 bits per heavy atom. The van der Waals surface area contributed by atoms with Crippen molar-refractivity contribution in [2.45, 2.75) is 0 Å². The Kier molecular flexibility index (Phi) is 7.38.